The van der Waals surface area contributed by atoms with Gasteiger partial charge in [0, 0.05) is 18.5 Å². The third kappa shape index (κ3) is 4.95. The Labute approximate surface area is 100 Å². The van der Waals surface area contributed by atoms with E-state index in [1.165, 1.54) is 6.07 Å². The molecule has 1 aromatic carbocycles. The number of hydrogen-bond acceptors (Lipinski definition) is 3. The summed E-state index contributed by atoms with van der Waals surface area (Å²) in [6, 6.07) is 6.46. The first-order valence-electron chi connectivity index (χ1n) is 4.56. The standard InChI is InChI=1S/C11H15NO2.BrH/c1-12(2)7-6-11(14)9-4-3-5-10(13)8-9;/h3-5,8,13H,6-7H2,1-2H3;1H. The Kier molecular flexibility index (Phi) is 6.20. The summed E-state index contributed by atoms with van der Waals surface area (Å²) in [5.74, 6) is 0.204. The molecule has 0 spiro atoms. The second kappa shape index (κ2) is 6.58. The van der Waals surface area contributed by atoms with E-state index in [9.17, 15) is 9.90 Å². The summed E-state index contributed by atoms with van der Waals surface area (Å²) in [5.41, 5.74) is 0.576. The van der Waals surface area contributed by atoms with Crippen molar-refractivity contribution in [3.63, 3.8) is 0 Å². The molecule has 0 bridgehead atoms. The van der Waals surface area contributed by atoms with Gasteiger partial charge in [0.1, 0.15) is 5.75 Å². The van der Waals surface area contributed by atoms with E-state index in [4.69, 9.17) is 0 Å². The maximum absolute atomic E-state index is 11.6. The van der Waals surface area contributed by atoms with E-state index in [0.717, 1.165) is 6.54 Å². The predicted octanol–water partition coefficient (Wildman–Crippen LogP) is 2.10. The van der Waals surface area contributed by atoms with Gasteiger partial charge < -0.3 is 10.0 Å². The van der Waals surface area contributed by atoms with Gasteiger partial charge in [0.05, 0.1) is 0 Å². The molecule has 0 fully saturated rings. The maximum Gasteiger partial charge on any atom is 0.164 e. The Bertz CT molecular complexity index is 326. The molecule has 4 heteroatoms. The zero-order valence-electron chi connectivity index (χ0n) is 8.93. The summed E-state index contributed by atoms with van der Waals surface area (Å²) in [6.45, 7) is 0.731. The molecule has 1 aromatic rings. The molecule has 0 unspecified atom stereocenters. The molecule has 1 rings (SSSR count). The lowest BCUT2D eigenvalue weighted by molar-refractivity contribution is 0.0972. The Morgan fingerprint density at radius 1 is 1.40 bits per heavy atom. The molecule has 0 radical (unpaired) electrons. The van der Waals surface area contributed by atoms with Crippen LogP contribution in [0.2, 0.25) is 0 Å². The molecule has 0 saturated heterocycles. The smallest absolute Gasteiger partial charge is 0.164 e. The third-order valence-corrected chi connectivity index (χ3v) is 1.95. The topological polar surface area (TPSA) is 40.5 Å². The van der Waals surface area contributed by atoms with Crippen molar-refractivity contribution >= 4 is 22.8 Å². The lowest BCUT2D eigenvalue weighted by Gasteiger charge is -2.08. The molecular formula is C11H16BrNO2. The van der Waals surface area contributed by atoms with Gasteiger partial charge in [0.15, 0.2) is 5.78 Å². The van der Waals surface area contributed by atoms with Gasteiger partial charge in [0.2, 0.25) is 0 Å². The molecule has 0 aliphatic heterocycles. The van der Waals surface area contributed by atoms with Gasteiger partial charge in [-0.05, 0) is 26.2 Å². The lowest BCUT2D eigenvalue weighted by atomic mass is 10.1. The largest absolute Gasteiger partial charge is 0.508 e. The number of phenols is 1. The van der Waals surface area contributed by atoms with Crippen LogP contribution in [0, 0.1) is 0 Å². The molecule has 0 saturated carbocycles. The highest BCUT2D eigenvalue weighted by molar-refractivity contribution is 8.93. The number of aromatic hydroxyl groups is 1. The van der Waals surface area contributed by atoms with Gasteiger partial charge in [-0.3, -0.25) is 4.79 Å². The second-order valence-corrected chi connectivity index (χ2v) is 3.53. The van der Waals surface area contributed by atoms with Gasteiger partial charge in [-0.1, -0.05) is 12.1 Å². The number of hydrogen-bond donors (Lipinski definition) is 1. The summed E-state index contributed by atoms with van der Waals surface area (Å²) >= 11 is 0. The van der Waals surface area contributed by atoms with E-state index in [0.29, 0.717) is 12.0 Å². The molecule has 0 aromatic heterocycles. The van der Waals surface area contributed by atoms with E-state index >= 15 is 0 Å². The second-order valence-electron chi connectivity index (χ2n) is 3.53. The van der Waals surface area contributed by atoms with Crippen LogP contribution in [0.1, 0.15) is 16.8 Å². The van der Waals surface area contributed by atoms with Gasteiger partial charge >= 0.3 is 0 Å². The minimum Gasteiger partial charge on any atom is -0.508 e. The molecule has 1 N–H and O–H groups in total. The average molecular weight is 274 g/mol. The molecule has 0 aliphatic rings. The average Bonchev–Trinajstić information content (AvgIpc) is 2.14. The Balaban J connectivity index is 0.00000196. The molecular weight excluding hydrogens is 258 g/mol. The van der Waals surface area contributed by atoms with Crippen molar-refractivity contribution in [1.82, 2.24) is 4.90 Å². The predicted molar refractivity (Wildman–Crippen MR) is 65.9 cm³/mol. The number of rotatable bonds is 4. The van der Waals surface area contributed by atoms with Crippen LogP contribution in [0.5, 0.6) is 5.75 Å². The van der Waals surface area contributed by atoms with Crippen LogP contribution in [-0.4, -0.2) is 36.4 Å². The number of nitrogens with zero attached hydrogens (tertiary/aromatic N) is 1. The van der Waals surface area contributed by atoms with Crippen LogP contribution in [0.4, 0.5) is 0 Å². The zero-order valence-corrected chi connectivity index (χ0v) is 10.6. The van der Waals surface area contributed by atoms with E-state index in [-0.39, 0.29) is 28.5 Å². The summed E-state index contributed by atoms with van der Waals surface area (Å²) in [6.07, 6.45) is 0.483. The maximum atomic E-state index is 11.6. The van der Waals surface area contributed by atoms with Crippen molar-refractivity contribution in [2.24, 2.45) is 0 Å². The van der Waals surface area contributed by atoms with Crippen molar-refractivity contribution in [2.45, 2.75) is 6.42 Å². The first-order chi connectivity index (χ1) is 6.59. The highest BCUT2D eigenvalue weighted by atomic mass is 79.9. The number of benzene rings is 1. The number of phenolic OH excluding ortho intramolecular Hbond substituents is 1. The summed E-state index contributed by atoms with van der Waals surface area (Å²) in [4.78, 5) is 13.5. The molecule has 0 aliphatic carbocycles. The number of ketones is 1. The monoisotopic (exact) mass is 273 g/mol. The van der Waals surface area contributed by atoms with Crippen LogP contribution in [0.3, 0.4) is 0 Å². The Morgan fingerprint density at radius 3 is 2.60 bits per heavy atom. The first kappa shape index (κ1) is 14.1. The molecule has 0 amide bonds. The highest BCUT2D eigenvalue weighted by Crippen LogP contribution is 2.12. The van der Waals surface area contributed by atoms with Crippen LogP contribution in [0.15, 0.2) is 24.3 Å². The molecule has 84 valence electrons. The van der Waals surface area contributed by atoms with E-state index in [1.807, 2.05) is 19.0 Å². The first-order valence-corrected chi connectivity index (χ1v) is 4.56. The Morgan fingerprint density at radius 2 is 2.07 bits per heavy atom. The molecule has 3 nitrogen and oxygen atoms in total. The van der Waals surface area contributed by atoms with Gasteiger partial charge in [-0.15, -0.1) is 17.0 Å². The fourth-order valence-electron chi connectivity index (χ4n) is 1.15. The van der Waals surface area contributed by atoms with Gasteiger partial charge in [-0.2, -0.15) is 0 Å². The van der Waals surface area contributed by atoms with Gasteiger partial charge in [0.25, 0.3) is 0 Å². The van der Waals surface area contributed by atoms with Gasteiger partial charge in [-0.25, -0.2) is 0 Å². The van der Waals surface area contributed by atoms with Crippen molar-refractivity contribution in [1.29, 1.82) is 0 Å². The molecule has 0 atom stereocenters. The highest BCUT2D eigenvalue weighted by Gasteiger charge is 2.06. The van der Waals surface area contributed by atoms with E-state index in [2.05, 4.69) is 0 Å². The zero-order chi connectivity index (χ0) is 10.6. The fraction of sp³-hybridized carbons (Fsp3) is 0.364. The van der Waals surface area contributed by atoms with Crippen molar-refractivity contribution < 1.29 is 9.90 Å². The Hall–Kier alpha value is -0.870. The SMILES string of the molecule is Br.CN(C)CCC(=O)c1cccc(O)c1. The lowest BCUT2D eigenvalue weighted by Crippen LogP contribution is -2.16. The van der Waals surface area contributed by atoms with Crippen molar-refractivity contribution in [3.8, 4) is 5.75 Å². The minimum atomic E-state index is 0. The summed E-state index contributed by atoms with van der Waals surface area (Å²) in [5, 5.41) is 9.18. The van der Waals surface area contributed by atoms with Crippen LogP contribution in [0.25, 0.3) is 0 Å². The van der Waals surface area contributed by atoms with Crippen molar-refractivity contribution in [2.75, 3.05) is 20.6 Å². The minimum absolute atomic E-state index is 0. The number of carbonyl (C=O) groups excluding carboxylic acids is 1. The van der Waals surface area contributed by atoms with E-state index in [1.54, 1.807) is 18.2 Å². The normalized spacial score (nSPS) is 9.80. The number of carbonyl (C=O) groups is 1. The molecule has 15 heavy (non-hydrogen) atoms. The van der Waals surface area contributed by atoms with Crippen LogP contribution >= 0.6 is 17.0 Å². The number of halogens is 1. The fourth-order valence-corrected chi connectivity index (χ4v) is 1.15. The van der Waals surface area contributed by atoms with Crippen LogP contribution < -0.4 is 0 Å². The molecule has 0 heterocycles. The summed E-state index contributed by atoms with van der Waals surface area (Å²) < 4.78 is 0. The third-order valence-electron chi connectivity index (χ3n) is 1.95. The van der Waals surface area contributed by atoms with E-state index < -0.39 is 0 Å². The van der Waals surface area contributed by atoms with Crippen LogP contribution in [-0.2, 0) is 0 Å². The summed E-state index contributed by atoms with van der Waals surface area (Å²) in [7, 11) is 3.85. The number of Topliss-reactive ketones (excluding diaryl/α,β-unsaturated/α-hetero) is 1. The quantitative estimate of drug-likeness (QED) is 0.855. The van der Waals surface area contributed by atoms with Crippen molar-refractivity contribution in [3.05, 3.63) is 29.8 Å².